The van der Waals surface area contributed by atoms with Crippen LogP contribution in [0.5, 0.6) is 0 Å². The quantitative estimate of drug-likeness (QED) is 0.341. The number of nitrogens with zero attached hydrogens (tertiary/aromatic N) is 3. The van der Waals surface area contributed by atoms with Crippen LogP contribution in [-0.4, -0.2) is 71.5 Å². The molecule has 3 aromatic rings. The van der Waals surface area contributed by atoms with E-state index in [4.69, 9.17) is 14.5 Å². The molecule has 11 heteroatoms. The molecule has 2 aliphatic heterocycles. The van der Waals surface area contributed by atoms with Gasteiger partial charge in [0.1, 0.15) is 23.6 Å². The van der Waals surface area contributed by atoms with Crippen molar-refractivity contribution in [3.8, 4) is 11.3 Å². The van der Waals surface area contributed by atoms with E-state index in [-0.39, 0.29) is 30.3 Å². The Morgan fingerprint density at radius 2 is 1.88 bits per heavy atom. The number of rotatable bonds is 10. The highest BCUT2D eigenvalue weighted by atomic mass is 19.1. The number of hydrogen-bond donors (Lipinski definition) is 1. The molecule has 0 radical (unpaired) electrons. The molecule has 2 aromatic carbocycles. The molecule has 43 heavy (non-hydrogen) atoms. The zero-order valence-corrected chi connectivity index (χ0v) is 24.3. The average molecular weight is 599 g/mol. The van der Waals surface area contributed by atoms with Crippen LogP contribution in [0.4, 0.5) is 13.2 Å². The second-order valence-electron chi connectivity index (χ2n) is 11.3. The van der Waals surface area contributed by atoms with Crippen molar-refractivity contribution in [1.82, 2.24) is 19.8 Å². The van der Waals surface area contributed by atoms with E-state index < -0.39 is 47.7 Å². The van der Waals surface area contributed by atoms with Crippen LogP contribution >= 0.6 is 0 Å². The Morgan fingerprint density at radius 1 is 1.14 bits per heavy atom. The maximum Gasteiger partial charge on any atom is 0.303 e. The van der Waals surface area contributed by atoms with Gasteiger partial charge in [0.2, 0.25) is 0 Å². The fourth-order valence-corrected chi connectivity index (χ4v) is 6.04. The minimum atomic E-state index is -1.17. The Labute approximate surface area is 249 Å². The van der Waals surface area contributed by atoms with Crippen LogP contribution in [0.1, 0.15) is 44.1 Å². The van der Waals surface area contributed by atoms with Crippen molar-refractivity contribution in [1.29, 1.82) is 0 Å². The normalized spacial score (nSPS) is 20.5. The van der Waals surface area contributed by atoms with Gasteiger partial charge < -0.3 is 24.3 Å². The zero-order valence-electron chi connectivity index (χ0n) is 24.3. The number of carbonyl (C=O) groups is 2. The number of alkyl halides is 1. The number of ether oxygens (including phenoxy) is 2. The van der Waals surface area contributed by atoms with E-state index in [0.717, 1.165) is 23.8 Å². The van der Waals surface area contributed by atoms with Gasteiger partial charge in [0.15, 0.2) is 6.10 Å². The number of benzene rings is 2. The second kappa shape index (κ2) is 13.7. The summed E-state index contributed by atoms with van der Waals surface area (Å²) in [5, 5.41) is 3.05. The molecular weight excluding hydrogens is 561 g/mol. The Balaban J connectivity index is 1.66. The summed E-state index contributed by atoms with van der Waals surface area (Å²) in [6.07, 6.45) is 0.570. The van der Waals surface area contributed by atoms with Crippen LogP contribution in [0, 0.1) is 23.5 Å². The Hall–Kier alpha value is -3.70. The Morgan fingerprint density at radius 3 is 2.56 bits per heavy atom. The van der Waals surface area contributed by atoms with Crippen molar-refractivity contribution in [2.24, 2.45) is 11.8 Å². The lowest BCUT2D eigenvalue weighted by atomic mass is 9.88. The molecule has 2 fully saturated rings. The smallest absolute Gasteiger partial charge is 0.303 e. The summed E-state index contributed by atoms with van der Waals surface area (Å²) in [5.41, 5.74) is 1.15. The largest absolute Gasteiger partial charge is 0.453 e. The van der Waals surface area contributed by atoms with Gasteiger partial charge in [0, 0.05) is 64.0 Å². The molecule has 230 valence electrons. The molecular formula is C32H37F3N4O4. The summed E-state index contributed by atoms with van der Waals surface area (Å²) in [7, 11) is 0. The van der Waals surface area contributed by atoms with Crippen molar-refractivity contribution in [2.75, 3.05) is 32.8 Å². The lowest BCUT2D eigenvalue weighted by Gasteiger charge is -2.40. The molecule has 4 atom stereocenters. The molecule has 2 aliphatic rings. The number of aromatic nitrogens is 2. The molecule has 0 spiro atoms. The summed E-state index contributed by atoms with van der Waals surface area (Å²) < 4.78 is 57.1. The number of esters is 1. The predicted molar refractivity (Wildman–Crippen MR) is 154 cm³/mol. The average Bonchev–Trinajstić information content (AvgIpc) is 3.59. The summed E-state index contributed by atoms with van der Waals surface area (Å²) in [4.78, 5) is 32.4. The SMILES string of the molecule is CC(=O)O[C@@H](C)C(=O)N(C[C@@H]1CNC[C@@H]1F)C(c1nc(-c2cc(F)ccc2F)cn1Cc1ccccc1)C1CCOCC1. The Kier molecular flexibility index (Phi) is 9.82. The molecule has 1 aromatic heterocycles. The van der Waals surface area contributed by atoms with Crippen LogP contribution in [-0.2, 0) is 25.6 Å². The number of amides is 1. The fraction of sp³-hybridized carbons (Fsp3) is 0.469. The zero-order chi connectivity index (χ0) is 30.5. The fourth-order valence-electron chi connectivity index (χ4n) is 6.04. The summed E-state index contributed by atoms with van der Waals surface area (Å²) in [5.74, 6) is -2.49. The maximum absolute atomic E-state index is 15.0. The minimum absolute atomic E-state index is 0.00578. The first-order valence-corrected chi connectivity index (χ1v) is 14.7. The third-order valence-electron chi connectivity index (χ3n) is 8.18. The lowest BCUT2D eigenvalue weighted by molar-refractivity contribution is -0.160. The highest BCUT2D eigenvalue weighted by Gasteiger charge is 2.41. The van der Waals surface area contributed by atoms with Gasteiger partial charge in [0.25, 0.3) is 5.91 Å². The van der Waals surface area contributed by atoms with E-state index in [2.05, 4.69) is 5.32 Å². The van der Waals surface area contributed by atoms with E-state index in [9.17, 15) is 14.0 Å². The first-order chi connectivity index (χ1) is 20.7. The molecule has 1 amide bonds. The minimum Gasteiger partial charge on any atom is -0.453 e. The molecule has 0 saturated carbocycles. The summed E-state index contributed by atoms with van der Waals surface area (Å²) >= 11 is 0. The molecule has 5 rings (SSSR count). The number of halogens is 3. The van der Waals surface area contributed by atoms with Gasteiger partial charge in [-0.05, 0) is 49.4 Å². The number of nitrogens with one attached hydrogen (secondary N) is 1. The monoisotopic (exact) mass is 598 g/mol. The van der Waals surface area contributed by atoms with Gasteiger partial charge in [-0.3, -0.25) is 9.59 Å². The molecule has 0 aliphatic carbocycles. The standard InChI is InChI=1S/C32H37F3N4O4/c1-20(43-21(2)40)32(41)39(18-24-15-36-16-28(24)35)30(23-10-12-42-13-11-23)31-37-29(26-14-25(33)8-9-27(26)34)19-38(31)17-22-6-4-3-5-7-22/h3-9,14,19-20,23-24,28,30,36H,10-13,15-18H2,1-2H3/t20-,24-,28-,30?/m0/s1. The van der Waals surface area contributed by atoms with E-state index in [0.29, 0.717) is 45.0 Å². The topological polar surface area (TPSA) is 85.7 Å². The van der Waals surface area contributed by atoms with Crippen molar-refractivity contribution < 1.29 is 32.2 Å². The molecule has 1 N–H and O–H groups in total. The van der Waals surface area contributed by atoms with Gasteiger partial charge in [-0.1, -0.05) is 30.3 Å². The van der Waals surface area contributed by atoms with Crippen molar-refractivity contribution in [2.45, 2.75) is 51.6 Å². The van der Waals surface area contributed by atoms with E-state index >= 15 is 8.78 Å². The van der Waals surface area contributed by atoms with Crippen molar-refractivity contribution >= 4 is 11.9 Å². The van der Waals surface area contributed by atoms with Gasteiger partial charge in [-0.25, -0.2) is 18.2 Å². The molecule has 2 saturated heterocycles. The highest BCUT2D eigenvalue weighted by molar-refractivity contribution is 5.83. The number of imidazole rings is 1. The van der Waals surface area contributed by atoms with Gasteiger partial charge in [0.05, 0.1) is 11.7 Å². The third kappa shape index (κ3) is 7.27. The summed E-state index contributed by atoms with van der Waals surface area (Å²) in [6, 6.07) is 12.1. The number of hydrogen-bond acceptors (Lipinski definition) is 6. The second-order valence-corrected chi connectivity index (χ2v) is 11.3. The van der Waals surface area contributed by atoms with Gasteiger partial charge in [-0.2, -0.15) is 0 Å². The van der Waals surface area contributed by atoms with Crippen LogP contribution in [0.3, 0.4) is 0 Å². The van der Waals surface area contributed by atoms with E-state index in [1.165, 1.54) is 13.8 Å². The lowest BCUT2D eigenvalue weighted by Crippen LogP contribution is -2.49. The van der Waals surface area contributed by atoms with Gasteiger partial charge in [-0.15, -0.1) is 0 Å². The van der Waals surface area contributed by atoms with Gasteiger partial charge >= 0.3 is 5.97 Å². The summed E-state index contributed by atoms with van der Waals surface area (Å²) in [6.45, 7) is 4.62. The molecule has 3 heterocycles. The van der Waals surface area contributed by atoms with Crippen LogP contribution in [0.25, 0.3) is 11.3 Å². The molecule has 8 nitrogen and oxygen atoms in total. The van der Waals surface area contributed by atoms with Crippen molar-refractivity contribution in [3.63, 3.8) is 0 Å². The maximum atomic E-state index is 15.0. The molecule has 1 unspecified atom stereocenters. The number of carbonyl (C=O) groups excluding carboxylic acids is 2. The van der Waals surface area contributed by atoms with Crippen LogP contribution < -0.4 is 5.32 Å². The Bertz CT molecular complexity index is 1410. The molecule has 0 bridgehead atoms. The highest BCUT2D eigenvalue weighted by Crippen LogP contribution is 2.38. The first-order valence-electron chi connectivity index (χ1n) is 14.7. The van der Waals surface area contributed by atoms with E-state index in [1.807, 2.05) is 34.9 Å². The predicted octanol–water partition coefficient (Wildman–Crippen LogP) is 4.68. The van der Waals surface area contributed by atoms with Crippen LogP contribution in [0.2, 0.25) is 0 Å². The first kappa shape index (κ1) is 30.7. The third-order valence-corrected chi connectivity index (χ3v) is 8.18. The van der Waals surface area contributed by atoms with E-state index in [1.54, 1.807) is 11.1 Å². The van der Waals surface area contributed by atoms with Crippen LogP contribution in [0.15, 0.2) is 54.7 Å². The van der Waals surface area contributed by atoms with Crippen molar-refractivity contribution in [3.05, 3.63) is 77.8 Å².